The molecule has 1 radical (unpaired) electrons. The summed E-state index contributed by atoms with van der Waals surface area (Å²) in [5.41, 5.74) is 0.0872. The number of hydrogen-bond acceptors (Lipinski definition) is 1. The van der Waals surface area contributed by atoms with Gasteiger partial charge in [0.1, 0.15) is 0 Å². The maximum absolute atomic E-state index is 10.3. The lowest BCUT2D eigenvalue weighted by Gasteiger charge is -1.93. The first-order valence-electron chi connectivity index (χ1n) is 2.60. The van der Waals surface area contributed by atoms with Crippen LogP contribution in [0.5, 0.6) is 0 Å². The second-order valence-corrected chi connectivity index (χ2v) is 2.12. The second-order valence-electron chi connectivity index (χ2n) is 1.71. The standard InChI is InChI=1S/C7H4ClO2/c8-6-4-2-1-3-5(6)7(9)10/h2-4H,(H,9,10). The molecule has 1 rings (SSSR count). The summed E-state index contributed by atoms with van der Waals surface area (Å²) in [6.45, 7) is 0. The van der Waals surface area contributed by atoms with E-state index in [0.29, 0.717) is 0 Å². The van der Waals surface area contributed by atoms with Gasteiger partial charge in [0.2, 0.25) is 0 Å². The fourth-order valence-corrected chi connectivity index (χ4v) is 0.774. The number of rotatable bonds is 1. The SMILES string of the molecule is O=C(O)c1c[c]ccc1Cl. The number of aromatic carboxylic acids is 1. The highest BCUT2D eigenvalue weighted by atomic mass is 35.5. The summed E-state index contributed by atoms with van der Waals surface area (Å²) in [6, 6.07) is 7.01. The van der Waals surface area contributed by atoms with Crippen molar-refractivity contribution >= 4 is 17.6 Å². The Morgan fingerprint density at radius 2 is 2.40 bits per heavy atom. The molecule has 1 aromatic rings. The van der Waals surface area contributed by atoms with Crippen molar-refractivity contribution in [1.29, 1.82) is 0 Å². The summed E-state index contributed by atoms with van der Waals surface area (Å²) in [7, 11) is 0. The number of carbonyl (C=O) groups is 1. The van der Waals surface area contributed by atoms with Gasteiger partial charge in [-0.2, -0.15) is 0 Å². The lowest BCUT2D eigenvalue weighted by Crippen LogP contribution is -1.95. The maximum atomic E-state index is 10.3. The van der Waals surface area contributed by atoms with Gasteiger partial charge in [-0.25, -0.2) is 4.79 Å². The molecule has 0 aliphatic carbocycles. The van der Waals surface area contributed by atoms with Crippen LogP contribution in [0.2, 0.25) is 5.02 Å². The molecule has 0 spiro atoms. The number of benzene rings is 1. The summed E-state index contributed by atoms with van der Waals surface area (Å²) in [5, 5.41) is 8.70. The van der Waals surface area contributed by atoms with Crippen LogP contribution in [-0.4, -0.2) is 11.1 Å². The first kappa shape index (κ1) is 7.09. The van der Waals surface area contributed by atoms with Crippen LogP contribution in [0.4, 0.5) is 0 Å². The minimum Gasteiger partial charge on any atom is -0.478 e. The lowest BCUT2D eigenvalue weighted by molar-refractivity contribution is 0.0697. The molecule has 10 heavy (non-hydrogen) atoms. The van der Waals surface area contributed by atoms with Gasteiger partial charge in [-0.15, -0.1) is 0 Å². The molecule has 0 saturated carbocycles. The molecule has 0 unspecified atom stereocenters. The second kappa shape index (κ2) is 2.71. The Morgan fingerprint density at radius 1 is 1.70 bits per heavy atom. The van der Waals surface area contributed by atoms with Gasteiger partial charge in [0.25, 0.3) is 0 Å². The van der Waals surface area contributed by atoms with E-state index in [4.69, 9.17) is 16.7 Å². The van der Waals surface area contributed by atoms with E-state index in [0.717, 1.165) is 0 Å². The Morgan fingerprint density at radius 3 is 2.80 bits per heavy atom. The van der Waals surface area contributed by atoms with E-state index in [1.54, 1.807) is 6.07 Å². The molecule has 0 bridgehead atoms. The van der Waals surface area contributed by atoms with Gasteiger partial charge < -0.3 is 5.11 Å². The maximum Gasteiger partial charge on any atom is 0.337 e. The summed E-state index contributed by atoms with van der Waals surface area (Å²) >= 11 is 5.52. The van der Waals surface area contributed by atoms with Crippen molar-refractivity contribution in [3.63, 3.8) is 0 Å². The van der Waals surface area contributed by atoms with E-state index in [1.807, 2.05) is 0 Å². The normalized spacial score (nSPS) is 9.30. The van der Waals surface area contributed by atoms with Crippen molar-refractivity contribution in [3.05, 3.63) is 34.9 Å². The summed E-state index contributed by atoms with van der Waals surface area (Å²) in [5.74, 6) is -1.03. The van der Waals surface area contributed by atoms with Crippen LogP contribution >= 0.6 is 11.6 Å². The Hall–Kier alpha value is -1.02. The van der Waals surface area contributed by atoms with E-state index in [2.05, 4.69) is 6.07 Å². The molecule has 0 fully saturated rings. The third-order valence-corrected chi connectivity index (χ3v) is 1.37. The van der Waals surface area contributed by atoms with Crippen LogP contribution < -0.4 is 0 Å². The van der Waals surface area contributed by atoms with Gasteiger partial charge in [-0.05, 0) is 18.2 Å². The summed E-state index contributed by atoms with van der Waals surface area (Å²) in [4.78, 5) is 10.3. The van der Waals surface area contributed by atoms with Gasteiger partial charge in [0.15, 0.2) is 0 Å². The topological polar surface area (TPSA) is 37.3 Å². The van der Waals surface area contributed by atoms with Gasteiger partial charge >= 0.3 is 5.97 Å². The molecule has 0 aliphatic heterocycles. The van der Waals surface area contributed by atoms with Crippen molar-refractivity contribution in [2.75, 3.05) is 0 Å². The third-order valence-electron chi connectivity index (χ3n) is 1.04. The van der Waals surface area contributed by atoms with Crippen molar-refractivity contribution in [2.45, 2.75) is 0 Å². The molecule has 2 nitrogen and oxygen atoms in total. The van der Waals surface area contributed by atoms with E-state index < -0.39 is 5.97 Å². The highest BCUT2D eigenvalue weighted by Crippen LogP contribution is 2.13. The predicted octanol–water partition coefficient (Wildman–Crippen LogP) is 1.84. The zero-order chi connectivity index (χ0) is 7.56. The van der Waals surface area contributed by atoms with Crippen molar-refractivity contribution in [1.82, 2.24) is 0 Å². The molecule has 1 N–H and O–H groups in total. The predicted molar refractivity (Wildman–Crippen MR) is 37.2 cm³/mol. The van der Waals surface area contributed by atoms with E-state index >= 15 is 0 Å². The van der Waals surface area contributed by atoms with E-state index in [9.17, 15) is 4.79 Å². The van der Waals surface area contributed by atoms with Gasteiger partial charge in [0.05, 0.1) is 10.6 Å². The molecule has 0 aromatic heterocycles. The number of hydrogen-bond donors (Lipinski definition) is 1. The zero-order valence-electron chi connectivity index (χ0n) is 4.97. The Labute approximate surface area is 63.1 Å². The minimum absolute atomic E-state index is 0.0872. The van der Waals surface area contributed by atoms with Gasteiger partial charge in [0, 0.05) is 0 Å². The first-order chi connectivity index (χ1) is 4.72. The quantitative estimate of drug-likeness (QED) is 0.672. The smallest absolute Gasteiger partial charge is 0.337 e. The number of carboxylic acid groups (broad SMARTS) is 1. The molecule has 1 aromatic carbocycles. The van der Waals surface area contributed by atoms with Crippen LogP contribution in [0.25, 0.3) is 0 Å². The third kappa shape index (κ3) is 1.28. The molecular weight excluding hydrogens is 152 g/mol. The fraction of sp³-hybridized carbons (Fsp3) is 0. The molecule has 51 valence electrons. The van der Waals surface area contributed by atoms with Crippen molar-refractivity contribution in [3.8, 4) is 0 Å². The molecule has 0 atom stereocenters. The van der Waals surface area contributed by atoms with Crippen molar-refractivity contribution in [2.24, 2.45) is 0 Å². The van der Waals surface area contributed by atoms with Gasteiger partial charge in [-0.3, -0.25) is 0 Å². The summed E-state index contributed by atoms with van der Waals surface area (Å²) in [6.07, 6.45) is 0. The molecular formula is C7H4ClO2. The Balaban J connectivity index is 3.15. The van der Waals surface area contributed by atoms with Crippen LogP contribution in [0.15, 0.2) is 18.2 Å². The monoisotopic (exact) mass is 155 g/mol. The number of halogens is 1. The van der Waals surface area contributed by atoms with Crippen LogP contribution in [0, 0.1) is 6.07 Å². The lowest BCUT2D eigenvalue weighted by atomic mass is 10.2. The van der Waals surface area contributed by atoms with Gasteiger partial charge in [-0.1, -0.05) is 17.7 Å². The first-order valence-corrected chi connectivity index (χ1v) is 2.98. The highest BCUT2D eigenvalue weighted by Gasteiger charge is 2.05. The number of carboxylic acids is 1. The molecule has 0 aliphatic rings. The largest absolute Gasteiger partial charge is 0.478 e. The average molecular weight is 156 g/mol. The Bertz CT molecular complexity index is 258. The van der Waals surface area contributed by atoms with E-state index in [1.165, 1.54) is 12.1 Å². The molecule has 0 heterocycles. The van der Waals surface area contributed by atoms with Crippen molar-refractivity contribution < 1.29 is 9.90 Å². The zero-order valence-corrected chi connectivity index (χ0v) is 5.72. The fourth-order valence-electron chi connectivity index (χ4n) is 0.575. The molecule has 0 amide bonds. The minimum atomic E-state index is -1.03. The van der Waals surface area contributed by atoms with Crippen LogP contribution in [0.1, 0.15) is 10.4 Å². The van der Waals surface area contributed by atoms with Crippen LogP contribution in [-0.2, 0) is 0 Å². The van der Waals surface area contributed by atoms with E-state index in [-0.39, 0.29) is 10.6 Å². The Kier molecular flexibility index (Phi) is 1.92. The highest BCUT2D eigenvalue weighted by molar-refractivity contribution is 6.33. The van der Waals surface area contributed by atoms with Crippen LogP contribution in [0.3, 0.4) is 0 Å². The average Bonchev–Trinajstić information content (AvgIpc) is 1.88. The molecule has 3 heteroatoms. The summed E-state index contributed by atoms with van der Waals surface area (Å²) < 4.78 is 0. The molecule has 0 saturated heterocycles.